The molecular formula is C25H24FN5O2S2. The molecule has 0 radical (unpaired) electrons. The third-order valence-electron chi connectivity index (χ3n) is 6.30. The summed E-state index contributed by atoms with van der Waals surface area (Å²) in [6.07, 6.45) is 3.34. The van der Waals surface area contributed by atoms with Crippen LogP contribution >= 0.6 is 24.0 Å². The summed E-state index contributed by atoms with van der Waals surface area (Å²) in [5.41, 5.74) is 2.58. The standard InChI is InChI=1S/C25H24FN5O2S2/c1-3-30-24(33)20(35-25(30)34)15-19-22(27-21-16(2)5-4-10-31(21)23(19)32)29-13-11-28(12-14-29)18-8-6-17(26)7-9-18/h4-10,15H,3,11-14H2,1-2H3/b20-15-. The van der Waals surface area contributed by atoms with Crippen LogP contribution < -0.4 is 15.4 Å². The van der Waals surface area contributed by atoms with Crippen molar-refractivity contribution in [1.82, 2.24) is 14.3 Å². The lowest BCUT2D eigenvalue weighted by molar-refractivity contribution is -0.121. The number of aromatic nitrogens is 2. The Balaban J connectivity index is 1.55. The SMILES string of the molecule is CCN1C(=O)/C(=C/c2c(N3CCN(c4ccc(F)cc4)CC3)nc3c(C)cccn3c2=O)SC1=S. The monoisotopic (exact) mass is 509 g/mol. The molecule has 0 bridgehead atoms. The number of pyridine rings is 1. The second-order valence-electron chi connectivity index (χ2n) is 8.42. The molecule has 0 atom stereocenters. The Kier molecular flexibility index (Phi) is 6.33. The highest BCUT2D eigenvalue weighted by Gasteiger charge is 2.32. The largest absolute Gasteiger partial charge is 0.368 e. The summed E-state index contributed by atoms with van der Waals surface area (Å²) >= 11 is 6.56. The number of carbonyl (C=O) groups excluding carboxylic acids is 1. The number of aryl methyl sites for hydroxylation is 1. The minimum absolute atomic E-state index is 0.191. The van der Waals surface area contributed by atoms with Crippen LogP contribution in [0.5, 0.6) is 0 Å². The van der Waals surface area contributed by atoms with Gasteiger partial charge in [-0.1, -0.05) is 30.0 Å². The first-order valence-electron chi connectivity index (χ1n) is 11.4. The zero-order chi connectivity index (χ0) is 24.7. The zero-order valence-electron chi connectivity index (χ0n) is 19.4. The molecule has 0 spiro atoms. The molecular weight excluding hydrogens is 485 g/mol. The van der Waals surface area contributed by atoms with Gasteiger partial charge in [-0.05, 0) is 55.8 Å². The summed E-state index contributed by atoms with van der Waals surface area (Å²) < 4.78 is 15.4. The van der Waals surface area contributed by atoms with E-state index in [0.29, 0.717) is 59.0 Å². The van der Waals surface area contributed by atoms with Gasteiger partial charge in [-0.15, -0.1) is 0 Å². The number of carbonyl (C=O) groups is 1. The average Bonchev–Trinajstić information content (AvgIpc) is 3.13. The number of hydrogen-bond acceptors (Lipinski definition) is 7. The van der Waals surface area contributed by atoms with Crippen molar-refractivity contribution < 1.29 is 9.18 Å². The number of hydrogen-bond donors (Lipinski definition) is 0. The second kappa shape index (κ2) is 9.43. The van der Waals surface area contributed by atoms with Crippen LogP contribution in [0.4, 0.5) is 15.9 Å². The Morgan fingerprint density at radius 1 is 1.09 bits per heavy atom. The van der Waals surface area contributed by atoms with E-state index in [4.69, 9.17) is 17.2 Å². The van der Waals surface area contributed by atoms with Crippen LogP contribution in [0.25, 0.3) is 11.7 Å². The smallest absolute Gasteiger partial charge is 0.267 e. The van der Waals surface area contributed by atoms with Gasteiger partial charge in [-0.2, -0.15) is 0 Å². The van der Waals surface area contributed by atoms with E-state index in [2.05, 4.69) is 9.80 Å². The van der Waals surface area contributed by atoms with E-state index in [9.17, 15) is 14.0 Å². The third-order valence-corrected chi connectivity index (χ3v) is 7.68. The summed E-state index contributed by atoms with van der Waals surface area (Å²) in [7, 11) is 0. The molecule has 3 aromatic rings. The lowest BCUT2D eigenvalue weighted by Crippen LogP contribution is -2.47. The number of fused-ring (bicyclic) bond motifs is 1. The van der Waals surface area contributed by atoms with Crippen LogP contribution in [0.1, 0.15) is 18.1 Å². The molecule has 0 N–H and O–H groups in total. The lowest BCUT2D eigenvalue weighted by Gasteiger charge is -2.37. The number of benzene rings is 1. The van der Waals surface area contributed by atoms with Gasteiger partial charge in [0.05, 0.1) is 10.5 Å². The number of halogens is 1. The van der Waals surface area contributed by atoms with Crippen LogP contribution in [-0.4, -0.2) is 57.2 Å². The molecule has 5 rings (SSSR count). The number of nitrogens with zero attached hydrogens (tertiary/aromatic N) is 5. The van der Waals surface area contributed by atoms with E-state index in [-0.39, 0.29) is 17.3 Å². The van der Waals surface area contributed by atoms with Crippen molar-refractivity contribution in [3.8, 4) is 0 Å². The molecule has 2 aliphatic rings. The number of amides is 1. The quantitative estimate of drug-likeness (QED) is 0.393. The normalized spacial score (nSPS) is 17.8. The van der Waals surface area contributed by atoms with Crippen molar-refractivity contribution in [2.24, 2.45) is 0 Å². The molecule has 0 saturated carbocycles. The molecule has 0 aliphatic carbocycles. The molecule has 35 heavy (non-hydrogen) atoms. The maximum Gasteiger partial charge on any atom is 0.267 e. The maximum absolute atomic E-state index is 13.6. The van der Waals surface area contributed by atoms with E-state index in [1.54, 1.807) is 24.4 Å². The first kappa shape index (κ1) is 23.5. The number of anilines is 2. The summed E-state index contributed by atoms with van der Waals surface area (Å²) in [6, 6.07) is 10.2. The lowest BCUT2D eigenvalue weighted by atomic mass is 10.2. The Labute approximate surface area is 211 Å². The fourth-order valence-corrected chi connectivity index (χ4v) is 5.77. The highest BCUT2D eigenvalue weighted by atomic mass is 32.2. The average molecular weight is 510 g/mol. The van der Waals surface area contributed by atoms with Gasteiger partial charge in [0.1, 0.15) is 21.6 Å². The highest BCUT2D eigenvalue weighted by molar-refractivity contribution is 8.26. The van der Waals surface area contributed by atoms with Gasteiger partial charge in [0.2, 0.25) is 0 Å². The zero-order valence-corrected chi connectivity index (χ0v) is 21.0. The number of likely N-dealkylation sites (N-methyl/N-ethyl adjacent to an activating group) is 1. The van der Waals surface area contributed by atoms with Gasteiger partial charge in [-0.3, -0.25) is 18.9 Å². The summed E-state index contributed by atoms with van der Waals surface area (Å²) in [5, 5.41) is 0. The molecule has 10 heteroatoms. The van der Waals surface area contributed by atoms with Crippen LogP contribution in [0.15, 0.2) is 52.3 Å². The Morgan fingerprint density at radius 3 is 2.43 bits per heavy atom. The summed E-state index contributed by atoms with van der Waals surface area (Å²) in [5.74, 6) is 0.106. The molecule has 2 saturated heterocycles. The van der Waals surface area contributed by atoms with Crippen LogP contribution in [-0.2, 0) is 4.79 Å². The van der Waals surface area contributed by atoms with Gasteiger partial charge in [0.15, 0.2) is 0 Å². The molecule has 0 unspecified atom stereocenters. The van der Waals surface area contributed by atoms with Crippen molar-refractivity contribution >= 4 is 57.4 Å². The first-order chi connectivity index (χ1) is 16.9. The predicted molar refractivity (Wildman–Crippen MR) is 143 cm³/mol. The van der Waals surface area contributed by atoms with Crippen LogP contribution in [0, 0.1) is 12.7 Å². The summed E-state index contributed by atoms with van der Waals surface area (Å²) in [6.45, 7) is 6.91. The van der Waals surface area contributed by atoms with E-state index in [1.807, 2.05) is 26.0 Å². The molecule has 1 aromatic carbocycles. The van der Waals surface area contributed by atoms with Gasteiger partial charge >= 0.3 is 0 Å². The van der Waals surface area contributed by atoms with Gasteiger partial charge in [0, 0.05) is 44.6 Å². The molecule has 180 valence electrons. The van der Waals surface area contributed by atoms with E-state index in [1.165, 1.54) is 33.2 Å². The Bertz CT molecular complexity index is 1410. The molecule has 2 aliphatic heterocycles. The van der Waals surface area contributed by atoms with Crippen molar-refractivity contribution in [1.29, 1.82) is 0 Å². The van der Waals surface area contributed by atoms with E-state index >= 15 is 0 Å². The van der Waals surface area contributed by atoms with Crippen molar-refractivity contribution in [3.05, 3.63) is 74.8 Å². The number of rotatable bonds is 4. The highest BCUT2D eigenvalue weighted by Crippen LogP contribution is 2.33. The summed E-state index contributed by atoms with van der Waals surface area (Å²) in [4.78, 5) is 37.6. The Morgan fingerprint density at radius 2 is 1.77 bits per heavy atom. The second-order valence-corrected chi connectivity index (χ2v) is 10.1. The number of piperazine rings is 1. The number of thiocarbonyl (C=S) groups is 1. The fourth-order valence-electron chi connectivity index (χ4n) is 4.40. The van der Waals surface area contributed by atoms with Gasteiger partial charge < -0.3 is 9.80 Å². The maximum atomic E-state index is 13.6. The molecule has 2 aromatic heterocycles. The van der Waals surface area contributed by atoms with Crippen molar-refractivity contribution in [2.75, 3.05) is 42.5 Å². The minimum Gasteiger partial charge on any atom is -0.368 e. The van der Waals surface area contributed by atoms with Crippen LogP contribution in [0.2, 0.25) is 0 Å². The first-order valence-corrected chi connectivity index (χ1v) is 12.6. The Hall–Kier alpha value is -3.24. The van der Waals surface area contributed by atoms with E-state index < -0.39 is 0 Å². The molecule has 7 nitrogen and oxygen atoms in total. The van der Waals surface area contributed by atoms with Crippen LogP contribution in [0.3, 0.4) is 0 Å². The fraction of sp³-hybridized carbons (Fsp3) is 0.280. The topological polar surface area (TPSA) is 61.2 Å². The molecule has 2 fully saturated rings. The third kappa shape index (κ3) is 4.32. The van der Waals surface area contributed by atoms with Gasteiger partial charge in [-0.25, -0.2) is 9.37 Å². The predicted octanol–water partition coefficient (Wildman–Crippen LogP) is 3.69. The van der Waals surface area contributed by atoms with E-state index in [0.717, 1.165) is 11.3 Å². The minimum atomic E-state index is -0.262. The molecule has 1 amide bonds. The van der Waals surface area contributed by atoms with Gasteiger partial charge in [0.25, 0.3) is 11.5 Å². The van der Waals surface area contributed by atoms with Crippen molar-refractivity contribution in [2.45, 2.75) is 13.8 Å². The van der Waals surface area contributed by atoms with Crippen molar-refractivity contribution in [3.63, 3.8) is 0 Å². The number of thioether (sulfide) groups is 1. The molecule has 4 heterocycles.